The predicted molar refractivity (Wildman–Crippen MR) is 111 cm³/mol. The molecule has 1 aliphatic heterocycles. The average Bonchev–Trinajstić information content (AvgIpc) is 3.24. The highest BCUT2D eigenvalue weighted by molar-refractivity contribution is 5.95. The second kappa shape index (κ2) is 10.0. The van der Waals surface area contributed by atoms with E-state index in [9.17, 15) is 22.8 Å². The molecule has 2 amide bonds. The van der Waals surface area contributed by atoms with Crippen molar-refractivity contribution in [3.8, 4) is 5.75 Å². The second-order valence-corrected chi connectivity index (χ2v) is 7.56. The molecule has 9 heteroatoms. The topological polar surface area (TPSA) is 67.9 Å². The van der Waals surface area contributed by atoms with Gasteiger partial charge in [0.15, 0.2) is 0 Å². The van der Waals surface area contributed by atoms with Crippen molar-refractivity contribution >= 4 is 11.8 Å². The van der Waals surface area contributed by atoms with Gasteiger partial charge in [-0.05, 0) is 35.9 Å². The lowest BCUT2D eigenvalue weighted by Gasteiger charge is -2.19. The highest BCUT2D eigenvalue weighted by Crippen LogP contribution is 2.37. The second-order valence-electron chi connectivity index (χ2n) is 7.56. The molecule has 0 aliphatic carbocycles. The van der Waals surface area contributed by atoms with E-state index in [-0.39, 0.29) is 31.4 Å². The molecule has 172 valence electrons. The van der Waals surface area contributed by atoms with E-state index in [1.807, 2.05) is 0 Å². The molecule has 0 spiro atoms. The van der Waals surface area contributed by atoms with Crippen LogP contribution in [0.15, 0.2) is 48.5 Å². The van der Waals surface area contributed by atoms with Crippen LogP contribution in [0.4, 0.5) is 13.2 Å². The summed E-state index contributed by atoms with van der Waals surface area (Å²) in [5.74, 6) is -1.27. The zero-order valence-corrected chi connectivity index (χ0v) is 17.8. The van der Waals surface area contributed by atoms with E-state index in [0.717, 1.165) is 12.1 Å². The first-order valence-corrected chi connectivity index (χ1v) is 10.1. The molecule has 2 aromatic rings. The molecular formula is C23H25F3N2O4. The minimum absolute atomic E-state index is 0.102. The number of carbonyl (C=O) groups excluding carboxylic acids is 2. The van der Waals surface area contributed by atoms with Gasteiger partial charge in [-0.1, -0.05) is 18.2 Å². The van der Waals surface area contributed by atoms with Gasteiger partial charge in [-0.2, -0.15) is 13.2 Å². The van der Waals surface area contributed by atoms with E-state index >= 15 is 0 Å². The molecule has 3 rings (SSSR count). The predicted octanol–water partition coefficient (Wildman–Crippen LogP) is 3.33. The molecule has 0 unspecified atom stereocenters. The first kappa shape index (κ1) is 23.6. The number of benzene rings is 2. The molecule has 1 heterocycles. The largest absolute Gasteiger partial charge is 0.497 e. The lowest BCUT2D eigenvalue weighted by molar-refractivity contribution is -0.137. The Balaban J connectivity index is 1.87. The number of nitrogens with one attached hydrogen (secondary N) is 1. The molecule has 2 atom stereocenters. The van der Waals surface area contributed by atoms with Gasteiger partial charge in [0, 0.05) is 38.2 Å². The normalized spacial score (nSPS) is 18.5. The summed E-state index contributed by atoms with van der Waals surface area (Å²) in [5.41, 5.74) is -0.000692. The molecular weight excluding hydrogens is 425 g/mol. The molecule has 6 nitrogen and oxygen atoms in total. The number of ether oxygens (including phenoxy) is 2. The molecule has 2 aromatic carbocycles. The maximum absolute atomic E-state index is 13.2. The van der Waals surface area contributed by atoms with Crippen molar-refractivity contribution in [3.63, 3.8) is 0 Å². The molecule has 1 saturated heterocycles. The number of methoxy groups -OCH3 is 2. The average molecular weight is 450 g/mol. The number of alkyl halides is 3. The molecule has 32 heavy (non-hydrogen) atoms. The quantitative estimate of drug-likeness (QED) is 0.658. The minimum atomic E-state index is -4.50. The molecule has 1 N–H and O–H groups in total. The summed E-state index contributed by atoms with van der Waals surface area (Å²) >= 11 is 0. The molecule has 0 saturated carbocycles. The standard InChI is InChI=1S/C23H25F3N2O4/c1-31-11-10-27-21(29)20-14-28(22(30)15-6-8-18(32-2)9-7-15)13-19(20)16-4-3-5-17(12-16)23(24,25)26/h3-9,12,19-20H,10-11,13-14H2,1-2H3,(H,27,29)/t19-,20-/m1/s1. The lowest BCUT2D eigenvalue weighted by atomic mass is 9.87. The summed E-state index contributed by atoms with van der Waals surface area (Å²) < 4.78 is 49.8. The van der Waals surface area contributed by atoms with Crippen LogP contribution in [-0.2, 0) is 15.7 Å². The Morgan fingerprint density at radius 1 is 1.09 bits per heavy atom. The highest BCUT2D eigenvalue weighted by Gasteiger charge is 2.41. The van der Waals surface area contributed by atoms with Gasteiger partial charge in [0.1, 0.15) is 5.75 Å². The van der Waals surface area contributed by atoms with Gasteiger partial charge in [0.25, 0.3) is 5.91 Å². The van der Waals surface area contributed by atoms with Crippen LogP contribution in [0.2, 0.25) is 0 Å². The fourth-order valence-corrected chi connectivity index (χ4v) is 3.84. The number of hydrogen-bond donors (Lipinski definition) is 1. The fraction of sp³-hybridized carbons (Fsp3) is 0.391. The Morgan fingerprint density at radius 2 is 1.81 bits per heavy atom. The highest BCUT2D eigenvalue weighted by atomic mass is 19.4. The van der Waals surface area contributed by atoms with Gasteiger partial charge in [-0.3, -0.25) is 9.59 Å². The summed E-state index contributed by atoms with van der Waals surface area (Å²) in [6, 6.07) is 11.5. The first-order valence-electron chi connectivity index (χ1n) is 10.1. The zero-order chi connectivity index (χ0) is 23.3. The minimum Gasteiger partial charge on any atom is -0.497 e. The lowest BCUT2D eigenvalue weighted by Crippen LogP contribution is -2.37. The van der Waals surface area contributed by atoms with Gasteiger partial charge < -0.3 is 19.7 Å². The van der Waals surface area contributed by atoms with Gasteiger partial charge in [-0.25, -0.2) is 0 Å². The Bertz CT molecular complexity index is 947. The third kappa shape index (κ3) is 5.40. The summed E-state index contributed by atoms with van der Waals surface area (Å²) in [5, 5.41) is 2.74. The van der Waals surface area contributed by atoms with Crippen LogP contribution in [0.3, 0.4) is 0 Å². The number of nitrogens with zero attached hydrogens (tertiary/aromatic N) is 1. The van der Waals surface area contributed by atoms with Crippen molar-refractivity contribution < 1.29 is 32.2 Å². The number of rotatable bonds is 7. The third-order valence-corrected chi connectivity index (χ3v) is 5.53. The van der Waals surface area contributed by atoms with Crippen molar-refractivity contribution in [1.29, 1.82) is 0 Å². The van der Waals surface area contributed by atoms with E-state index in [1.165, 1.54) is 25.2 Å². The third-order valence-electron chi connectivity index (χ3n) is 5.53. The van der Waals surface area contributed by atoms with Crippen LogP contribution in [0, 0.1) is 5.92 Å². The number of carbonyl (C=O) groups is 2. The van der Waals surface area contributed by atoms with E-state index in [1.54, 1.807) is 30.3 Å². The van der Waals surface area contributed by atoms with Crippen molar-refractivity contribution in [2.45, 2.75) is 12.1 Å². The van der Waals surface area contributed by atoms with Gasteiger partial charge in [0.05, 0.1) is 25.2 Å². The van der Waals surface area contributed by atoms with E-state index in [0.29, 0.717) is 23.5 Å². The Morgan fingerprint density at radius 3 is 2.44 bits per heavy atom. The smallest absolute Gasteiger partial charge is 0.416 e. The molecule has 1 fully saturated rings. The summed E-state index contributed by atoms with van der Waals surface area (Å²) in [6.45, 7) is 0.813. The molecule has 1 aliphatic rings. The Kier molecular flexibility index (Phi) is 7.40. The maximum atomic E-state index is 13.2. The fourth-order valence-electron chi connectivity index (χ4n) is 3.84. The van der Waals surface area contributed by atoms with Gasteiger partial charge in [0.2, 0.25) is 5.91 Å². The van der Waals surface area contributed by atoms with Crippen LogP contribution >= 0.6 is 0 Å². The number of halogens is 3. The zero-order valence-electron chi connectivity index (χ0n) is 17.8. The van der Waals surface area contributed by atoms with Gasteiger partial charge in [-0.15, -0.1) is 0 Å². The maximum Gasteiger partial charge on any atom is 0.416 e. The molecule has 0 radical (unpaired) electrons. The van der Waals surface area contributed by atoms with Crippen LogP contribution in [0.25, 0.3) is 0 Å². The van der Waals surface area contributed by atoms with E-state index in [2.05, 4.69) is 5.32 Å². The van der Waals surface area contributed by atoms with Crippen molar-refractivity contribution in [1.82, 2.24) is 10.2 Å². The first-order chi connectivity index (χ1) is 15.2. The number of amides is 2. The Hall–Kier alpha value is -3.07. The van der Waals surface area contributed by atoms with E-state index in [4.69, 9.17) is 9.47 Å². The Labute approximate surface area is 184 Å². The summed E-state index contributed by atoms with van der Waals surface area (Å²) in [6.07, 6.45) is -4.50. The molecule has 0 bridgehead atoms. The van der Waals surface area contributed by atoms with Crippen molar-refractivity contribution in [2.75, 3.05) is 40.5 Å². The van der Waals surface area contributed by atoms with Crippen molar-refractivity contribution in [2.24, 2.45) is 5.92 Å². The van der Waals surface area contributed by atoms with Crippen LogP contribution in [-0.4, -0.2) is 57.2 Å². The van der Waals surface area contributed by atoms with E-state index < -0.39 is 23.6 Å². The van der Waals surface area contributed by atoms with Crippen molar-refractivity contribution in [3.05, 3.63) is 65.2 Å². The molecule has 0 aromatic heterocycles. The van der Waals surface area contributed by atoms with Crippen LogP contribution < -0.4 is 10.1 Å². The number of hydrogen-bond acceptors (Lipinski definition) is 4. The van der Waals surface area contributed by atoms with Crippen LogP contribution in [0.1, 0.15) is 27.4 Å². The summed E-state index contributed by atoms with van der Waals surface area (Å²) in [7, 11) is 3.02. The van der Waals surface area contributed by atoms with Gasteiger partial charge >= 0.3 is 6.18 Å². The van der Waals surface area contributed by atoms with Crippen LogP contribution in [0.5, 0.6) is 5.75 Å². The number of likely N-dealkylation sites (tertiary alicyclic amines) is 1. The summed E-state index contributed by atoms with van der Waals surface area (Å²) in [4.78, 5) is 27.4. The monoisotopic (exact) mass is 450 g/mol. The SMILES string of the molecule is COCCNC(=O)[C@@H]1CN(C(=O)c2ccc(OC)cc2)C[C@@H]1c1cccc(C(F)(F)F)c1.